The van der Waals surface area contributed by atoms with Gasteiger partial charge in [0, 0.05) is 25.7 Å². The van der Waals surface area contributed by atoms with Gasteiger partial charge in [-0.05, 0) is 43.4 Å². The summed E-state index contributed by atoms with van der Waals surface area (Å²) in [6.45, 7) is 3.65. The van der Waals surface area contributed by atoms with Crippen molar-refractivity contribution >= 4 is 5.91 Å². The molecule has 0 bridgehead atoms. The highest BCUT2D eigenvalue weighted by atomic mass is 16.5. The summed E-state index contributed by atoms with van der Waals surface area (Å²) in [5.41, 5.74) is 2.25. The normalized spacial score (nSPS) is 17.8. The number of benzene rings is 1. The molecule has 2 aromatic rings. The van der Waals surface area contributed by atoms with E-state index in [1.807, 2.05) is 47.0 Å². The monoisotopic (exact) mass is 327 g/mol. The van der Waals surface area contributed by atoms with Gasteiger partial charge < -0.3 is 9.64 Å². The van der Waals surface area contributed by atoms with Gasteiger partial charge >= 0.3 is 0 Å². The van der Waals surface area contributed by atoms with E-state index in [4.69, 9.17) is 4.74 Å². The quantitative estimate of drug-likeness (QED) is 0.848. The SMILES string of the molecule is COc1ccccc1CCC(=O)N1CCC[C@H](n2cc(C)cn2)C1. The van der Waals surface area contributed by atoms with Crippen LogP contribution in [0.5, 0.6) is 5.75 Å². The van der Waals surface area contributed by atoms with E-state index in [0.29, 0.717) is 18.9 Å². The maximum absolute atomic E-state index is 12.6. The lowest BCUT2D eigenvalue weighted by Gasteiger charge is -2.33. The first-order valence-electron chi connectivity index (χ1n) is 8.58. The third-order valence-electron chi connectivity index (χ3n) is 4.65. The maximum Gasteiger partial charge on any atom is 0.222 e. The summed E-state index contributed by atoms with van der Waals surface area (Å²) in [4.78, 5) is 14.6. The van der Waals surface area contributed by atoms with Crippen LogP contribution in [0, 0.1) is 6.92 Å². The third-order valence-corrected chi connectivity index (χ3v) is 4.65. The van der Waals surface area contributed by atoms with Crippen LogP contribution in [0.25, 0.3) is 0 Å². The van der Waals surface area contributed by atoms with E-state index in [-0.39, 0.29) is 5.91 Å². The molecule has 1 aliphatic rings. The van der Waals surface area contributed by atoms with Gasteiger partial charge in [0.05, 0.1) is 19.3 Å². The fourth-order valence-corrected chi connectivity index (χ4v) is 3.34. The van der Waals surface area contributed by atoms with Crippen molar-refractivity contribution in [2.24, 2.45) is 0 Å². The van der Waals surface area contributed by atoms with Gasteiger partial charge in [-0.25, -0.2) is 0 Å². The Hall–Kier alpha value is -2.30. The predicted octanol–water partition coefficient (Wildman–Crippen LogP) is 3.00. The van der Waals surface area contributed by atoms with Gasteiger partial charge in [0.15, 0.2) is 0 Å². The molecule has 3 rings (SSSR count). The van der Waals surface area contributed by atoms with Crippen LogP contribution < -0.4 is 4.74 Å². The molecule has 2 heterocycles. The molecule has 0 saturated carbocycles. The summed E-state index contributed by atoms with van der Waals surface area (Å²) in [6, 6.07) is 8.20. The van der Waals surface area contributed by atoms with E-state index in [0.717, 1.165) is 42.8 Å². The first kappa shape index (κ1) is 16.6. The van der Waals surface area contributed by atoms with Gasteiger partial charge in [-0.15, -0.1) is 0 Å². The molecule has 1 aliphatic heterocycles. The zero-order valence-electron chi connectivity index (χ0n) is 14.4. The molecule has 5 nitrogen and oxygen atoms in total. The van der Waals surface area contributed by atoms with Gasteiger partial charge in [0.1, 0.15) is 5.75 Å². The number of methoxy groups -OCH3 is 1. The smallest absolute Gasteiger partial charge is 0.222 e. The standard InChI is InChI=1S/C19H25N3O2/c1-15-12-20-22(13-15)17-7-5-11-21(14-17)19(23)10-9-16-6-3-4-8-18(16)24-2/h3-4,6,8,12-13,17H,5,7,9-11,14H2,1-2H3/t17-/m0/s1. The number of rotatable bonds is 5. The molecule has 1 aromatic carbocycles. The number of amides is 1. The molecule has 128 valence electrons. The Kier molecular flexibility index (Phi) is 5.18. The zero-order chi connectivity index (χ0) is 16.9. The summed E-state index contributed by atoms with van der Waals surface area (Å²) >= 11 is 0. The minimum Gasteiger partial charge on any atom is -0.496 e. The highest BCUT2D eigenvalue weighted by Gasteiger charge is 2.25. The zero-order valence-corrected chi connectivity index (χ0v) is 14.4. The van der Waals surface area contributed by atoms with Gasteiger partial charge in [-0.1, -0.05) is 18.2 Å². The van der Waals surface area contributed by atoms with Crippen molar-refractivity contribution in [2.75, 3.05) is 20.2 Å². The molecule has 1 fully saturated rings. The second-order valence-corrected chi connectivity index (χ2v) is 6.45. The number of nitrogens with zero attached hydrogens (tertiary/aromatic N) is 3. The van der Waals surface area contributed by atoms with Gasteiger partial charge in [-0.3, -0.25) is 9.48 Å². The Bertz CT molecular complexity index is 695. The molecule has 0 unspecified atom stereocenters. The van der Waals surface area contributed by atoms with Gasteiger partial charge in [0.2, 0.25) is 5.91 Å². The van der Waals surface area contributed by atoms with Crippen molar-refractivity contribution in [3.63, 3.8) is 0 Å². The first-order valence-corrected chi connectivity index (χ1v) is 8.58. The van der Waals surface area contributed by atoms with Crippen molar-refractivity contribution in [3.8, 4) is 5.75 Å². The van der Waals surface area contributed by atoms with E-state index < -0.39 is 0 Å². The van der Waals surface area contributed by atoms with Gasteiger partial charge in [0.25, 0.3) is 0 Å². The second-order valence-electron chi connectivity index (χ2n) is 6.45. The number of carbonyl (C=O) groups is 1. The maximum atomic E-state index is 12.6. The van der Waals surface area contributed by atoms with Crippen LogP contribution in [0.15, 0.2) is 36.7 Å². The molecule has 1 aromatic heterocycles. The highest BCUT2D eigenvalue weighted by molar-refractivity contribution is 5.76. The topological polar surface area (TPSA) is 47.4 Å². The van der Waals surface area contributed by atoms with Crippen molar-refractivity contribution in [2.45, 2.75) is 38.6 Å². The average Bonchev–Trinajstić information content (AvgIpc) is 3.06. The summed E-state index contributed by atoms with van der Waals surface area (Å²) in [7, 11) is 1.67. The Morgan fingerprint density at radius 3 is 2.96 bits per heavy atom. The van der Waals surface area contributed by atoms with E-state index in [9.17, 15) is 4.79 Å². The Morgan fingerprint density at radius 1 is 1.38 bits per heavy atom. The molecular formula is C19H25N3O2. The largest absolute Gasteiger partial charge is 0.496 e. The number of piperidine rings is 1. The van der Waals surface area contributed by atoms with Crippen LogP contribution in [0.3, 0.4) is 0 Å². The molecule has 24 heavy (non-hydrogen) atoms. The van der Waals surface area contributed by atoms with Crippen molar-refractivity contribution < 1.29 is 9.53 Å². The molecule has 1 atom stereocenters. The molecule has 5 heteroatoms. The molecule has 1 amide bonds. The number of hydrogen-bond acceptors (Lipinski definition) is 3. The average molecular weight is 327 g/mol. The first-order chi connectivity index (χ1) is 11.7. The minimum atomic E-state index is 0.217. The van der Waals surface area contributed by atoms with E-state index >= 15 is 0 Å². The van der Waals surface area contributed by atoms with Crippen LogP contribution in [-0.4, -0.2) is 40.8 Å². The summed E-state index contributed by atoms with van der Waals surface area (Å²) < 4.78 is 7.37. The molecule has 1 saturated heterocycles. The Labute approximate surface area is 143 Å². The Morgan fingerprint density at radius 2 is 2.21 bits per heavy atom. The lowest BCUT2D eigenvalue weighted by Crippen LogP contribution is -2.40. The number of likely N-dealkylation sites (tertiary alicyclic amines) is 1. The van der Waals surface area contributed by atoms with E-state index in [2.05, 4.69) is 11.3 Å². The second kappa shape index (κ2) is 7.51. The van der Waals surface area contributed by atoms with E-state index in [1.54, 1.807) is 7.11 Å². The number of para-hydroxylation sites is 1. The highest BCUT2D eigenvalue weighted by Crippen LogP contribution is 2.23. The lowest BCUT2D eigenvalue weighted by atomic mass is 10.0. The van der Waals surface area contributed by atoms with Crippen LogP contribution in [0.2, 0.25) is 0 Å². The third kappa shape index (κ3) is 3.78. The number of aryl methyl sites for hydroxylation is 2. The summed E-state index contributed by atoms with van der Waals surface area (Å²) in [5.74, 6) is 1.07. The van der Waals surface area contributed by atoms with Crippen molar-refractivity contribution in [1.82, 2.24) is 14.7 Å². The lowest BCUT2D eigenvalue weighted by molar-refractivity contribution is -0.132. The molecule has 0 spiro atoms. The number of aromatic nitrogens is 2. The summed E-state index contributed by atoms with van der Waals surface area (Å²) in [6.07, 6.45) is 7.29. The molecule has 0 radical (unpaired) electrons. The summed E-state index contributed by atoms with van der Waals surface area (Å²) in [5, 5.41) is 4.41. The van der Waals surface area contributed by atoms with Gasteiger partial charge in [-0.2, -0.15) is 5.10 Å². The van der Waals surface area contributed by atoms with Crippen LogP contribution in [-0.2, 0) is 11.2 Å². The van der Waals surface area contributed by atoms with Crippen LogP contribution >= 0.6 is 0 Å². The fraction of sp³-hybridized carbons (Fsp3) is 0.474. The van der Waals surface area contributed by atoms with Crippen molar-refractivity contribution in [3.05, 3.63) is 47.8 Å². The van der Waals surface area contributed by atoms with E-state index in [1.165, 1.54) is 0 Å². The van der Waals surface area contributed by atoms with Crippen LogP contribution in [0.4, 0.5) is 0 Å². The van der Waals surface area contributed by atoms with Crippen molar-refractivity contribution in [1.29, 1.82) is 0 Å². The molecule has 0 N–H and O–H groups in total. The minimum absolute atomic E-state index is 0.217. The molecular weight excluding hydrogens is 302 g/mol. The predicted molar refractivity (Wildman–Crippen MR) is 93.1 cm³/mol. The number of carbonyl (C=O) groups excluding carboxylic acids is 1. The molecule has 0 aliphatic carbocycles. The van der Waals surface area contributed by atoms with Crippen LogP contribution in [0.1, 0.15) is 36.4 Å². The number of hydrogen-bond donors (Lipinski definition) is 0. The number of ether oxygens (including phenoxy) is 1. The Balaban J connectivity index is 1.58. The fourth-order valence-electron chi connectivity index (χ4n) is 3.34.